The zero-order valence-electron chi connectivity index (χ0n) is 25.3. The quantitative estimate of drug-likeness (QED) is 0.302. The molecule has 0 heterocycles. The lowest BCUT2D eigenvalue weighted by atomic mass is 9.72. The minimum atomic E-state index is 0.279. The van der Waals surface area contributed by atoms with Gasteiger partial charge in [0.15, 0.2) is 0 Å². The Kier molecular flexibility index (Phi) is 8.18. The summed E-state index contributed by atoms with van der Waals surface area (Å²) >= 11 is 0. The number of benzene rings is 3. The van der Waals surface area contributed by atoms with E-state index in [4.69, 9.17) is 0 Å². The number of hydrogen-bond acceptors (Lipinski definition) is 0. The second-order valence-electron chi connectivity index (χ2n) is 13.0. The second kappa shape index (κ2) is 11.4. The highest BCUT2D eigenvalue weighted by atomic mass is 14.3. The summed E-state index contributed by atoms with van der Waals surface area (Å²) in [5, 5.41) is 0. The molecule has 3 aromatic carbocycles. The predicted octanol–water partition coefficient (Wildman–Crippen LogP) is 11.1. The summed E-state index contributed by atoms with van der Waals surface area (Å²) in [6.45, 7) is 16.5. The molecule has 2 aliphatic rings. The summed E-state index contributed by atoms with van der Waals surface area (Å²) < 4.78 is 0. The first-order chi connectivity index (χ1) is 18.3. The zero-order chi connectivity index (χ0) is 27.0. The minimum Gasteiger partial charge on any atom is -0.0590 e. The van der Waals surface area contributed by atoms with E-state index in [-0.39, 0.29) is 5.92 Å². The summed E-state index contributed by atoms with van der Waals surface area (Å²) in [4.78, 5) is 0. The van der Waals surface area contributed by atoms with Crippen LogP contribution in [0.25, 0.3) is 0 Å². The van der Waals surface area contributed by atoms with Gasteiger partial charge in [0, 0.05) is 5.92 Å². The summed E-state index contributed by atoms with van der Waals surface area (Å²) in [6.07, 6.45) is 13.8. The van der Waals surface area contributed by atoms with E-state index in [0.717, 1.165) is 11.8 Å². The summed E-state index contributed by atoms with van der Waals surface area (Å²) in [5.74, 6) is 1.72. The van der Waals surface area contributed by atoms with Crippen LogP contribution >= 0.6 is 0 Å². The van der Waals surface area contributed by atoms with E-state index < -0.39 is 0 Å². The van der Waals surface area contributed by atoms with Gasteiger partial charge in [-0.05, 0) is 147 Å². The predicted molar refractivity (Wildman–Crippen MR) is 165 cm³/mol. The third-order valence-corrected chi connectivity index (χ3v) is 10.1. The zero-order valence-corrected chi connectivity index (χ0v) is 25.3. The molecule has 38 heavy (non-hydrogen) atoms. The van der Waals surface area contributed by atoms with Crippen LogP contribution in [0.4, 0.5) is 0 Å². The van der Waals surface area contributed by atoms with Crippen molar-refractivity contribution in [2.45, 2.75) is 130 Å². The van der Waals surface area contributed by atoms with Crippen LogP contribution < -0.4 is 0 Å². The molecule has 0 saturated heterocycles. The molecular weight excluding hydrogens is 456 g/mol. The molecule has 0 amide bonds. The lowest BCUT2D eigenvalue weighted by Crippen LogP contribution is -2.16. The lowest BCUT2D eigenvalue weighted by molar-refractivity contribution is 0.440. The molecular formula is C38H50. The van der Waals surface area contributed by atoms with Crippen molar-refractivity contribution in [1.29, 1.82) is 0 Å². The van der Waals surface area contributed by atoms with Crippen molar-refractivity contribution in [3.05, 3.63) is 103 Å². The van der Waals surface area contributed by atoms with Gasteiger partial charge in [0.1, 0.15) is 0 Å². The minimum absolute atomic E-state index is 0.279. The van der Waals surface area contributed by atoms with Gasteiger partial charge < -0.3 is 0 Å². The van der Waals surface area contributed by atoms with Crippen molar-refractivity contribution in [2.24, 2.45) is 0 Å². The Hall–Kier alpha value is -2.34. The average Bonchev–Trinajstić information content (AvgIpc) is 2.88. The Morgan fingerprint density at radius 1 is 0.526 bits per heavy atom. The Bertz CT molecular complexity index is 1290. The van der Waals surface area contributed by atoms with E-state index in [0.29, 0.717) is 0 Å². The molecule has 0 spiro atoms. The molecule has 0 aromatic heterocycles. The van der Waals surface area contributed by atoms with E-state index in [2.05, 4.69) is 84.9 Å². The molecule has 0 bridgehead atoms. The van der Waals surface area contributed by atoms with Crippen molar-refractivity contribution < 1.29 is 0 Å². The van der Waals surface area contributed by atoms with Gasteiger partial charge in [0.05, 0.1) is 0 Å². The number of rotatable bonds is 5. The molecule has 2 aliphatic carbocycles. The van der Waals surface area contributed by atoms with E-state index in [1.165, 1.54) is 109 Å². The van der Waals surface area contributed by atoms with Gasteiger partial charge in [0.2, 0.25) is 0 Å². The lowest BCUT2D eigenvalue weighted by Gasteiger charge is -2.32. The van der Waals surface area contributed by atoms with Crippen LogP contribution in [0.5, 0.6) is 0 Å². The maximum atomic E-state index is 2.66. The van der Waals surface area contributed by atoms with Crippen LogP contribution in [0.15, 0.2) is 36.4 Å². The summed E-state index contributed by atoms with van der Waals surface area (Å²) in [6, 6.07) is 14.9. The van der Waals surface area contributed by atoms with Crippen molar-refractivity contribution in [3.8, 4) is 0 Å². The number of hydrogen-bond donors (Lipinski definition) is 0. The maximum absolute atomic E-state index is 2.66. The standard InChI is InChI=1S/C38H50/c1-24-18-19-33(25(2)20-24)38(35-23-34(26(3)21-27(35)4)31-14-10-8-11-15-31)37-29(6)22-28(5)36(30(37)7)32-16-12-9-13-17-32/h18-23,31-32,38H,8-17H2,1-7H3. The highest BCUT2D eigenvalue weighted by Gasteiger charge is 2.29. The van der Waals surface area contributed by atoms with E-state index in [1.807, 2.05) is 0 Å². The molecule has 2 saturated carbocycles. The molecule has 0 aliphatic heterocycles. The third kappa shape index (κ3) is 5.25. The van der Waals surface area contributed by atoms with Crippen molar-refractivity contribution in [1.82, 2.24) is 0 Å². The van der Waals surface area contributed by atoms with Gasteiger partial charge in [-0.2, -0.15) is 0 Å². The first-order valence-electron chi connectivity index (χ1n) is 15.5. The molecule has 3 aromatic rings. The van der Waals surface area contributed by atoms with Crippen molar-refractivity contribution in [3.63, 3.8) is 0 Å². The van der Waals surface area contributed by atoms with Crippen molar-refractivity contribution >= 4 is 0 Å². The topological polar surface area (TPSA) is 0 Å². The average molecular weight is 507 g/mol. The molecule has 0 heteroatoms. The molecule has 202 valence electrons. The van der Waals surface area contributed by atoms with Crippen LogP contribution in [-0.4, -0.2) is 0 Å². The first kappa shape index (κ1) is 27.2. The summed E-state index contributed by atoms with van der Waals surface area (Å²) in [7, 11) is 0. The highest BCUT2D eigenvalue weighted by molar-refractivity contribution is 5.58. The molecule has 5 rings (SSSR count). The monoisotopic (exact) mass is 506 g/mol. The highest BCUT2D eigenvalue weighted by Crippen LogP contribution is 2.46. The molecule has 1 atom stereocenters. The Morgan fingerprint density at radius 3 is 1.74 bits per heavy atom. The fourth-order valence-electron chi connectivity index (χ4n) is 8.36. The van der Waals surface area contributed by atoms with Crippen LogP contribution in [0.2, 0.25) is 0 Å². The van der Waals surface area contributed by atoms with Crippen LogP contribution in [0, 0.1) is 48.5 Å². The molecule has 0 nitrogen and oxygen atoms in total. The summed E-state index contributed by atoms with van der Waals surface area (Å²) in [5.41, 5.74) is 18.2. The largest absolute Gasteiger partial charge is 0.0590 e. The SMILES string of the molecule is Cc1ccc(C(c2cc(C3CCCCC3)c(C)cc2C)c2c(C)cc(C)c(C3CCCCC3)c2C)c(C)c1. The molecule has 2 fully saturated rings. The fraction of sp³-hybridized carbons (Fsp3) is 0.526. The van der Waals surface area contributed by atoms with E-state index >= 15 is 0 Å². The van der Waals surface area contributed by atoms with Crippen LogP contribution in [0.1, 0.15) is 149 Å². The van der Waals surface area contributed by atoms with Gasteiger partial charge in [-0.15, -0.1) is 0 Å². The maximum Gasteiger partial charge on any atom is 0.0350 e. The van der Waals surface area contributed by atoms with Gasteiger partial charge in [-0.1, -0.05) is 80.5 Å². The Balaban J connectivity index is 1.75. The van der Waals surface area contributed by atoms with Gasteiger partial charge in [-0.3, -0.25) is 0 Å². The normalized spacial score (nSPS) is 18.1. The van der Waals surface area contributed by atoms with Crippen LogP contribution in [-0.2, 0) is 0 Å². The molecule has 0 radical (unpaired) electrons. The number of aryl methyl sites for hydroxylation is 6. The molecule has 0 N–H and O–H groups in total. The third-order valence-electron chi connectivity index (χ3n) is 10.1. The van der Waals surface area contributed by atoms with Gasteiger partial charge in [-0.25, -0.2) is 0 Å². The van der Waals surface area contributed by atoms with Crippen molar-refractivity contribution in [2.75, 3.05) is 0 Å². The first-order valence-corrected chi connectivity index (χ1v) is 15.5. The van der Waals surface area contributed by atoms with E-state index in [9.17, 15) is 0 Å². The Labute approximate surface area is 233 Å². The van der Waals surface area contributed by atoms with Crippen LogP contribution in [0.3, 0.4) is 0 Å². The smallest absolute Gasteiger partial charge is 0.0350 e. The van der Waals surface area contributed by atoms with Gasteiger partial charge in [0.25, 0.3) is 0 Å². The van der Waals surface area contributed by atoms with E-state index in [1.54, 1.807) is 22.3 Å². The fourth-order valence-corrected chi connectivity index (χ4v) is 8.36. The second-order valence-corrected chi connectivity index (χ2v) is 13.0. The molecule has 1 unspecified atom stereocenters. The van der Waals surface area contributed by atoms with Gasteiger partial charge >= 0.3 is 0 Å². The Morgan fingerprint density at radius 2 is 1.11 bits per heavy atom.